The summed E-state index contributed by atoms with van der Waals surface area (Å²) in [6.07, 6.45) is 9.23. The second-order valence-electron chi connectivity index (χ2n) is 7.44. The highest BCUT2D eigenvalue weighted by atomic mass is 32.1. The SMILES string of the molecule is CCOC(=O)c1c(NC(=S)N2CCC(C)CC2)sc2c1CCCCCC2. The highest BCUT2D eigenvalue weighted by molar-refractivity contribution is 7.80. The molecule has 144 valence electrons. The highest BCUT2D eigenvalue weighted by Crippen LogP contribution is 2.38. The maximum Gasteiger partial charge on any atom is 0.341 e. The molecule has 4 nitrogen and oxygen atoms in total. The number of hydrogen-bond acceptors (Lipinski definition) is 4. The summed E-state index contributed by atoms with van der Waals surface area (Å²) in [5, 5.41) is 5.04. The first-order valence-corrected chi connectivity index (χ1v) is 11.2. The molecule has 1 N–H and O–H groups in total. The lowest BCUT2D eigenvalue weighted by Crippen LogP contribution is -2.40. The summed E-state index contributed by atoms with van der Waals surface area (Å²) in [6.45, 7) is 6.55. The predicted octanol–water partition coefficient (Wildman–Crippen LogP) is 5.01. The normalized spacial score (nSPS) is 18.6. The Morgan fingerprint density at radius 2 is 1.92 bits per heavy atom. The molecule has 2 aliphatic rings. The van der Waals surface area contributed by atoms with Gasteiger partial charge in [-0.25, -0.2) is 4.79 Å². The van der Waals surface area contributed by atoms with Crippen LogP contribution in [0.4, 0.5) is 5.00 Å². The summed E-state index contributed by atoms with van der Waals surface area (Å²) in [5.41, 5.74) is 1.94. The zero-order chi connectivity index (χ0) is 18.5. The number of hydrogen-bond donors (Lipinski definition) is 1. The Labute approximate surface area is 166 Å². The smallest absolute Gasteiger partial charge is 0.341 e. The van der Waals surface area contributed by atoms with Crippen molar-refractivity contribution in [3.63, 3.8) is 0 Å². The molecule has 1 saturated heterocycles. The lowest BCUT2D eigenvalue weighted by Gasteiger charge is -2.32. The van der Waals surface area contributed by atoms with Gasteiger partial charge in [-0.3, -0.25) is 0 Å². The molecular weight excluding hydrogens is 364 g/mol. The molecule has 0 bridgehead atoms. The first-order chi connectivity index (χ1) is 12.6. The number of piperidine rings is 1. The Morgan fingerprint density at radius 3 is 2.62 bits per heavy atom. The second kappa shape index (κ2) is 9.18. The molecule has 1 aromatic heterocycles. The number of thiophene rings is 1. The van der Waals surface area contributed by atoms with Crippen LogP contribution in [0.25, 0.3) is 0 Å². The number of fused-ring (bicyclic) bond motifs is 1. The molecule has 1 aliphatic carbocycles. The fraction of sp³-hybridized carbons (Fsp3) is 0.700. The zero-order valence-corrected chi connectivity index (χ0v) is 17.6. The standard InChI is InChI=1S/C20H30N2O2S2/c1-3-24-19(23)17-15-8-6-4-5-7-9-16(15)26-18(17)21-20(25)22-12-10-14(2)11-13-22/h14H,3-13H2,1-2H3,(H,21,25). The number of thiocarbonyl (C=S) groups is 1. The number of likely N-dealkylation sites (tertiary alicyclic amines) is 1. The van der Waals surface area contributed by atoms with E-state index < -0.39 is 0 Å². The van der Waals surface area contributed by atoms with Gasteiger partial charge in [-0.15, -0.1) is 11.3 Å². The minimum Gasteiger partial charge on any atom is -0.462 e. The van der Waals surface area contributed by atoms with Crippen LogP contribution in [0.1, 0.15) is 73.2 Å². The topological polar surface area (TPSA) is 41.6 Å². The predicted molar refractivity (Wildman–Crippen MR) is 112 cm³/mol. The summed E-state index contributed by atoms with van der Waals surface area (Å²) in [5.74, 6) is 0.564. The highest BCUT2D eigenvalue weighted by Gasteiger charge is 2.27. The molecular formula is C20H30N2O2S2. The third kappa shape index (κ3) is 4.58. The number of nitrogens with one attached hydrogen (secondary N) is 1. The molecule has 0 aromatic carbocycles. The van der Waals surface area contributed by atoms with Crippen LogP contribution < -0.4 is 5.32 Å². The van der Waals surface area contributed by atoms with Crippen LogP contribution in [0.2, 0.25) is 0 Å². The third-order valence-electron chi connectivity index (χ3n) is 5.44. The Bertz CT molecular complexity index is 648. The quantitative estimate of drug-likeness (QED) is 0.576. The first kappa shape index (κ1) is 19.6. The van der Waals surface area contributed by atoms with E-state index in [0.717, 1.165) is 53.9 Å². The minimum absolute atomic E-state index is 0.205. The molecule has 0 amide bonds. The van der Waals surface area contributed by atoms with Crippen molar-refractivity contribution < 1.29 is 9.53 Å². The van der Waals surface area contributed by atoms with E-state index in [1.54, 1.807) is 11.3 Å². The van der Waals surface area contributed by atoms with Crippen LogP contribution in [-0.4, -0.2) is 35.7 Å². The monoisotopic (exact) mass is 394 g/mol. The summed E-state index contributed by atoms with van der Waals surface area (Å²) >= 11 is 7.37. The first-order valence-electron chi connectivity index (χ1n) is 9.97. The zero-order valence-electron chi connectivity index (χ0n) is 15.9. The molecule has 2 heterocycles. The van der Waals surface area contributed by atoms with Crippen LogP contribution in [-0.2, 0) is 17.6 Å². The Balaban J connectivity index is 1.83. The largest absolute Gasteiger partial charge is 0.462 e. The third-order valence-corrected chi connectivity index (χ3v) is 7.01. The van der Waals surface area contributed by atoms with Crippen molar-refractivity contribution in [1.29, 1.82) is 0 Å². The molecule has 0 radical (unpaired) electrons. The molecule has 1 fully saturated rings. The van der Waals surface area contributed by atoms with Gasteiger partial charge in [0.2, 0.25) is 0 Å². The van der Waals surface area contributed by atoms with Crippen molar-refractivity contribution in [2.24, 2.45) is 5.92 Å². The van der Waals surface area contributed by atoms with E-state index in [4.69, 9.17) is 17.0 Å². The average molecular weight is 395 g/mol. The lowest BCUT2D eigenvalue weighted by molar-refractivity contribution is 0.0526. The van der Waals surface area contributed by atoms with Crippen LogP contribution in [0, 0.1) is 5.92 Å². The van der Waals surface area contributed by atoms with E-state index in [2.05, 4.69) is 17.1 Å². The molecule has 0 spiro atoms. The number of ether oxygens (including phenoxy) is 1. The number of nitrogens with zero attached hydrogens (tertiary/aromatic N) is 1. The number of aryl methyl sites for hydroxylation is 1. The molecule has 3 rings (SSSR count). The lowest BCUT2D eigenvalue weighted by atomic mass is 9.96. The van der Waals surface area contributed by atoms with Gasteiger partial charge in [-0.2, -0.15) is 0 Å². The van der Waals surface area contributed by atoms with Gasteiger partial charge in [0.05, 0.1) is 12.2 Å². The van der Waals surface area contributed by atoms with Crippen molar-refractivity contribution in [2.75, 3.05) is 25.0 Å². The van der Waals surface area contributed by atoms with E-state index in [1.165, 1.54) is 42.5 Å². The van der Waals surface area contributed by atoms with Gasteiger partial charge in [0, 0.05) is 18.0 Å². The van der Waals surface area contributed by atoms with E-state index in [0.29, 0.717) is 6.61 Å². The Hall–Kier alpha value is -1.14. The van der Waals surface area contributed by atoms with Crippen molar-refractivity contribution in [1.82, 2.24) is 4.90 Å². The summed E-state index contributed by atoms with van der Waals surface area (Å²) in [4.78, 5) is 16.3. The number of carbonyl (C=O) groups is 1. The van der Waals surface area contributed by atoms with Gasteiger partial charge < -0.3 is 15.0 Å². The molecule has 1 aromatic rings. The van der Waals surface area contributed by atoms with E-state index in [9.17, 15) is 4.79 Å². The van der Waals surface area contributed by atoms with Crippen LogP contribution in [0.15, 0.2) is 0 Å². The fourth-order valence-electron chi connectivity index (χ4n) is 3.81. The fourth-order valence-corrected chi connectivity index (χ4v) is 5.44. The van der Waals surface area contributed by atoms with Crippen molar-refractivity contribution >= 4 is 39.6 Å². The van der Waals surface area contributed by atoms with E-state index in [-0.39, 0.29) is 5.97 Å². The molecule has 0 unspecified atom stereocenters. The van der Waals surface area contributed by atoms with Gasteiger partial charge >= 0.3 is 5.97 Å². The van der Waals surface area contributed by atoms with Crippen LogP contribution in [0.3, 0.4) is 0 Å². The molecule has 6 heteroatoms. The van der Waals surface area contributed by atoms with E-state index >= 15 is 0 Å². The van der Waals surface area contributed by atoms with Gasteiger partial charge in [-0.05, 0) is 69.1 Å². The van der Waals surface area contributed by atoms with Gasteiger partial charge in [0.15, 0.2) is 5.11 Å². The van der Waals surface area contributed by atoms with E-state index in [1.807, 2.05) is 6.92 Å². The molecule has 0 saturated carbocycles. The molecule has 1 aliphatic heterocycles. The minimum atomic E-state index is -0.205. The van der Waals surface area contributed by atoms with Gasteiger partial charge in [0.25, 0.3) is 0 Å². The number of esters is 1. The molecule has 0 atom stereocenters. The number of rotatable bonds is 3. The van der Waals surface area contributed by atoms with Gasteiger partial charge in [-0.1, -0.05) is 19.8 Å². The number of carbonyl (C=O) groups excluding carboxylic acids is 1. The van der Waals surface area contributed by atoms with Crippen LogP contribution in [0.5, 0.6) is 0 Å². The Kier molecular flexibility index (Phi) is 6.92. The van der Waals surface area contributed by atoms with Crippen molar-refractivity contribution in [3.8, 4) is 0 Å². The maximum atomic E-state index is 12.7. The van der Waals surface area contributed by atoms with Crippen LogP contribution >= 0.6 is 23.6 Å². The maximum absolute atomic E-state index is 12.7. The summed E-state index contributed by atoms with van der Waals surface area (Å²) in [7, 11) is 0. The summed E-state index contributed by atoms with van der Waals surface area (Å²) in [6, 6.07) is 0. The van der Waals surface area contributed by atoms with Gasteiger partial charge in [0.1, 0.15) is 5.00 Å². The number of anilines is 1. The summed E-state index contributed by atoms with van der Waals surface area (Å²) < 4.78 is 5.38. The van der Waals surface area contributed by atoms with Crippen molar-refractivity contribution in [2.45, 2.75) is 65.2 Å². The molecule has 26 heavy (non-hydrogen) atoms. The average Bonchev–Trinajstić information content (AvgIpc) is 2.92. The second-order valence-corrected chi connectivity index (χ2v) is 8.93. The van der Waals surface area contributed by atoms with Crippen molar-refractivity contribution in [3.05, 3.63) is 16.0 Å². The Morgan fingerprint density at radius 1 is 1.23 bits per heavy atom.